The zero-order valence-electron chi connectivity index (χ0n) is 10.6. The molecule has 0 amide bonds. The van der Waals surface area contributed by atoms with Gasteiger partial charge in [0.2, 0.25) is 0 Å². The summed E-state index contributed by atoms with van der Waals surface area (Å²) in [6.07, 6.45) is -1.82. The van der Waals surface area contributed by atoms with Crippen LogP contribution in [0.15, 0.2) is 41.7 Å². The zero-order valence-corrected chi connectivity index (χ0v) is 11.4. The highest BCUT2D eigenvalue weighted by molar-refractivity contribution is 7.98. The minimum atomic E-state index is -4.35. The Balaban J connectivity index is 2.04. The smallest absolute Gasteiger partial charge is 0.373 e. The van der Waals surface area contributed by atoms with Gasteiger partial charge in [-0.15, -0.1) is 11.8 Å². The Kier molecular flexibility index (Phi) is 4.49. The summed E-state index contributed by atoms with van der Waals surface area (Å²) in [5.74, 6) is 1.34. The highest BCUT2D eigenvalue weighted by atomic mass is 32.2. The minimum Gasteiger partial charge on any atom is -0.373 e. The van der Waals surface area contributed by atoms with E-state index in [-0.39, 0.29) is 0 Å². The Morgan fingerprint density at radius 3 is 2.60 bits per heavy atom. The van der Waals surface area contributed by atoms with E-state index in [9.17, 15) is 13.2 Å². The maximum atomic E-state index is 12.4. The summed E-state index contributed by atoms with van der Waals surface area (Å²) in [4.78, 5) is 7.98. The van der Waals surface area contributed by atoms with Crippen LogP contribution in [0.4, 0.5) is 19.0 Å². The number of thioether (sulfide) groups is 1. The topological polar surface area (TPSA) is 37.8 Å². The van der Waals surface area contributed by atoms with E-state index in [0.29, 0.717) is 10.8 Å². The van der Waals surface area contributed by atoms with E-state index in [2.05, 4.69) is 15.3 Å². The van der Waals surface area contributed by atoms with Crippen molar-refractivity contribution in [2.75, 3.05) is 12.4 Å². The van der Waals surface area contributed by atoms with Crippen molar-refractivity contribution in [2.45, 2.75) is 17.0 Å². The monoisotopic (exact) mass is 299 g/mol. The summed E-state index contributed by atoms with van der Waals surface area (Å²) >= 11 is 1.36. The Hall–Kier alpha value is -1.76. The summed E-state index contributed by atoms with van der Waals surface area (Å²) < 4.78 is 37.2. The first-order chi connectivity index (χ1) is 9.50. The largest absolute Gasteiger partial charge is 0.417 e. The molecule has 2 heterocycles. The van der Waals surface area contributed by atoms with Gasteiger partial charge >= 0.3 is 6.18 Å². The maximum absolute atomic E-state index is 12.4. The highest BCUT2D eigenvalue weighted by Gasteiger charge is 2.30. The van der Waals surface area contributed by atoms with E-state index >= 15 is 0 Å². The number of hydrogen-bond acceptors (Lipinski definition) is 4. The van der Waals surface area contributed by atoms with Crippen molar-refractivity contribution in [1.29, 1.82) is 0 Å². The number of halogens is 3. The molecule has 20 heavy (non-hydrogen) atoms. The van der Waals surface area contributed by atoms with E-state index in [1.54, 1.807) is 13.2 Å². The Morgan fingerprint density at radius 2 is 2.00 bits per heavy atom. The third kappa shape index (κ3) is 3.63. The zero-order chi connectivity index (χ0) is 14.6. The molecular weight excluding hydrogens is 287 g/mol. The second kappa shape index (κ2) is 6.13. The fraction of sp³-hybridized carbons (Fsp3) is 0.231. The van der Waals surface area contributed by atoms with Crippen molar-refractivity contribution < 1.29 is 13.2 Å². The van der Waals surface area contributed by atoms with Crippen LogP contribution in [-0.2, 0) is 11.9 Å². The normalized spacial score (nSPS) is 11.4. The minimum absolute atomic E-state index is 0.545. The molecule has 0 aliphatic rings. The van der Waals surface area contributed by atoms with Gasteiger partial charge < -0.3 is 5.32 Å². The molecule has 0 saturated heterocycles. The molecule has 106 valence electrons. The van der Waals surface area contributed by atoms with Crippen LogP contribution >= 0.6 is 11.8 Å². The molecule has 0 spiro atoms. The van der Waals surface area contributed by atoms with Gasteiger partial charge in [0.15, 0.2) is 0 Å². The third-order valence-corrected chi connectivity index (χ3v) is 3.56. The standard InChI is InChI=1S/C13H12F3N3S/c1-17-12-9(3-2-6-18-12)8-20-11-5-4-10(7-19-11)13(14,15)16/h2-7H,8H2,1H3,(H,17,18). The van der Waals surface area contributed by atoms with Crippen LogP contribution in [0.25, 0.3) is 0 Å². The van der Waals surface area contributed by atoms with Crippen LogP contribution in [0.1, 0.15) is 11.1 Å². The van der Waals surface area contributed by atoms with Gasteiger partial charge in [-0.25, -0.2) is 9.97 Å². The molecule has 7 heteroatoms. The first-order valence-electron chi connectivity index (χ1n) is 5.78. The molecule has 2 rings (SSSR count). The van der Waals surface area contributed by atoms with E-state index < -0.39 is 11.7 Å². The molecule has 0 aliphatic carbocycles. The number of pyridine rings is 2. The Bertz CT molecular complexity index is 570. The molecule has 0 unspecified atom stereocenters. The lowest BCUT2D eigenvalue weighted by molar-refractivity contribution is -0.137. The van der Waals surface area contributed by atoms with Crippen LogP contribution in [0.5, 0.6) is 0 Å². The molecule has 0 fully saturated rings. The van der Waals surface area contributed by atoms with Crippen molar-refractivity contribution in [3.8, 4) is 0 Å². The molecule has 0 aliphatic heterocycles. The number of aromatic nitrogens is 2. The predicted molar refractivity (Wildman–Crippen MR) is 72.6 cm³/mol. The van der Waals surface area contributed by atoms with Crippen molar-refractivity contribution >= 4 is 17.6 Å². The van der Waals surface area contributed by atoms with Crippen molar-refractivity contribution in [2.24, 2.45) is 0 Å². The summed E-state index contributed by atoms with van der Waals surface area (Å²) in [6, 6.07) is 6.15. The molecule has 3 nitrogen and oxygen atoms in total. The van der Waals surface area contributed by atoms with Crippen LogP contribution in [0.2, 0.25) is 0 Å². The lowest BCUT2D eigenvalue weighted by Gasteiger charge is -2.08. The first kappa shape index (κ1) is 14.6. The average molecular weight is 299 g/mol. The van der Waals surface area contributed by atoms with Gasteiger partial charge in [0.05, 0.1) is 10.6 Å². The van der Waals surface area contributed by atoms with Gasteiger partial charge in [0.25, 0.3) is 0 Å². The van der Waals surface area contributed by atoms with Crippen molar-refractivity contribution in [3.63, 3.8) is 0 Å². The maximum Gasteiger partial charge on any atom is 0.417 e. The molecule has 1 N–H and O–H groups in total. The lowest BCUT2D eigenvalue weighted by atomic mass is 10.3. The van der Waals surface area contributed by atoms with Crippen molar-refractivity contribution in [1.82, 2.24) is 9.97 Å². The van der Waals surface area contributed by atoms with Gasteiger partial charge in [-0.2, -0.15) is 13.2 Å². The molecule has 0 saturated carbocycles. The fourth-order valence-electron chi connectivity index (χ4n) is 1.57. The van der Waals surface area contributed by atoms with Gasteiger partial charge in [0.1, 0.15) is 5.82 Å². The van der Waals surface area contributed by atoms with Crippen LogP contribution in [0, 0.1) is 0 Å². The summed E-state index contributed by atoms with van der Waals surface area (Å²) in [5.41, 5.74) is 0.237. The van der Waals surface area contributed by atoms with Gasteiger partial charge in [-0.1, -0.05) is 6.07 Å². The molecule has 0 atom stereocenters. The SMILES string of the molecule is CNc1ncccc1CSc1ccc(C(F)(F)F)cn1. The second-order valence-electron chi connectivity index (χ2n) is 3.93. The molecule has 0 radical (unpaired) electrons. The number of nitrogens with zero attached hydrogens (tertiary/aromatic N) is 2. The lowest BCUT2D eigenvalue weighted by Crippen LogP contribution is -2.05. The van der Waals surface area contributed by atoms with Gasteiger partial charge in [-0.05, 0) is 18.2 Å². The number of hydrogen-bond donors (Lipinski definition) is 1. The highest BCUT2D eigenvalue weighted by Crippen LogP contribution is 2.30. The number of rotatable bonds is 4. The molecule has 2 aromatic rings. The molecule has 0 bridgehead atoms. The van der Waals surface area contributed by atoms with Crippen LogP contribution in [0.3, 0.4) is 0 Å². The van der Waals surface area contributed by atoms with Gasteiger partial charge in [-0.3, -0.25) is 0 Å². The summed E-state index contributed by atoms with van der Waals surface area (Å²) in [6.45, 7) is 0. The van der Waals surface area contributed by atoms with Crippen molar-refractivity contribution in [3.05, 3.63) is 47.8 Å². The summed E-state index contributed by atoms with van der Waals surface area (Å²) in [7, 11) is 1.77. The molecular formula is C13H12F3N3S. The van der Waals surface area contributed by atoms with E-state index in [1.807, 2.05) is 12.1 Å². The summed E-state index contributed by atoms with van der Waals surface area (Å²) in [5, 5.41) is 3.51. The molecule has 2 aromatic heterocycles. The van der Waals surface area contributed by atoms with Crippen LogP contribution < -0.4 is 5.32 Å². The quantitative estimate of drug-likeness (QED) is 0.871. The predicted octanol–water partition coefficient (Wildman–Crippen LogP) is 3.83. The second-order valence-corrected chi connectivity index (χ2v) is 4.93. The molecule has 0 aromatic carbocycles. The number of alkyl halides is 3. The van der Waals surface area contributed by atoms with Crippen LogP contribution in [-0.4, -0.2) is 17.0 Å². The third-order valence-electron chi connectivity index (χ3n) is 2.57. The Morgan fingerprint density at radius 1 is 1.20 bits per heavy atom. The number of nitrogens with one attached hydrogen (secondary N) is 1. The average Bonchev–Trinajstić information content (AvgIpc) is 2.45. The fourth-order valence-corrected chi connectivity index (χ4v) is 2.39. The number of anilines is 1. The van der Waals surface area contributed by atoms with E-state index in [1.165, 1.54) is 17.8 Å². The van der Waals surface area contributed by atoms with E-state index in [4.69, 9.17) is 0 Å². The van der Waals surface area contributed by atoms with Gasteiger partial charge in [0, 0.05) is 30.8 Å². The van der Waals surface area contributed by atoms with E-state index in [0.717, 1.165) is 23.6 Å². The first-order valence-corrected chi connectivity index (χ1v) is 6.77. The Labute approximate surface area is 118 Å².